The first kappa shape index (κ1) is 28.9. The SMILES string of the molecule is CCCCCCCC/C=C\CCCCCCC(C)C(=O)Nc1c(OC)cc(OC)cc1OC. The van der Waals surface area contributed by atoms with Crippen LogP contribution >= 0.6 is 0 Å². The van der Waals surface area contributed by atoms with Gasteiger partial charge in [0.15, 0.2) is 0 Å². The molecule has 1 N–H and O–H groups in total. The first-order valence-corrected chi connectivity index (χ1v) is 12.8. The molecule has 1 aromatic carbocycles. The zero-order chi connectivity index (χ0) is 24.3. The first-order valence-electron chi connectivity index (χ1n) is 12.8. The van der Waals surface area contributed by atoms with Crippen LogP contribution in [0.3, 0.4) is 0 Å². The highest BCUT2D eigenvalue weighted by Gasteiger charge is 2.19. The number of carbonyl (C=O) groups excluding carboxylic acids is 1. The molecule has 33 heavy (non-hydrogen) atoms. The van der Waals surface area contributed by atoms with Crippen LogP contribution in [0.1, 0.15) is 97.3 Å². The van der Waals surface area contributed by atoms with Crippen LogP contribution in [0.2, 0.25) is 0 Å². The molecule has 0 spiro atoms. The molecule has 5 heteroatoms. The van der Waals surface area contributed by atoms with Gasteiger partial charge in [-0.1, -0.05) is 77.4 Å². The van der Waals surface area contributed by atoms with Crippen LogP contribution in [0.25, 0.3) is 0 Å². The summed E-state index contributed by atoms with van der Waals surface area (Å²) in [4.78, 5) is 12.7. The van der Waals surface area contributed by atoms with Crippen molar-refractivity contribution < 1.29 is 19.0 Å². The van der Waals surface area contributed by atoms with Crippen LogP contribution in [-0.4, -0.2) is 27.2 Å². The van der Waals surface area contributed by atoms with Gasteiger partial charge in [-0.3, -0.25) is 4.79 Å². The Hall–Kier alpha value is -2.17. The summed E-state index contributed by atoms with van der Waals surface area (Å²) in [5.41, 5.74) is 0.547. The summed E-state index contributed by atoms with van der Waals surface area (Å²) in [6, 6.07) is 3.48. The molecular weight excluding hydrogens is 414 g/mol. The number of rotatable bonds is 19. The van der Waals surface area contributed by atoms with Crippen molar-refractivity contribution in [3.8, 4) is 17.2 Å². The minimum Gasteiger partial charge on any atom is -0.496 e. The fraction of sp³-hybridized carbons (Fsp3) is 0.679. The minimum absolute atomic E-state index is 0.0191. The van der Waals surface area contributed by atoms with Gasteiger partial charge in [0, 0.05) is 18.1 Å². The fourth-order valence-electron chi connectivity index (χ4n) is 3.85. The highest BCUT2D eigenvalue weighted by Crippen LogP contribution is 2.39. The third-order valence-electron chi connectivity index (χ3n) is 6.06. The Morgan fingerprint density at radius 2 is 1.33 bits per heavy atom. The Kier molecular flexibility index (Phi) is 16.0. The van der Waals surface area contributed by atoms with Gasteiger partial charge in [-0.15, -0.1) is 0 Å². The lowest BCUT2D eigenvalue weighted by atomic mass is 10.0. The Morgan fingerprint density at radius 1 is 0.818 bits per heavy atom. The lowest BCUT2D eigenvalue weighted by Gasteiger charge is -2.18. The molecule has 188 valence electrons. The molecule has 0 heterocycles. The molecule has 0 aromatic heterocycles. The summed E-state index contributed by atoms with van der Waals surface area (Å²) in [5, 5.41) is 2.98. The van der Waals surface area contributed by atoms with Crippen molar-refractivity contribution in [3.63, 3.8) is 0 Å². The van der Waals surface area contributed by atoms with E-state index in [2.05, 4.69) is 24.4 Å². The number of benzene rings is 1. The smallest absolute Gasteiger partial charge is 0.227 e. The molecule has 1 aromatic rings. The highest BCUT2D eigenvalue weighted by atomic mass is 16.5. The van der Waals surface area contributed by atoms with Gasteiger partial charge >= 0.3 is 0 Å². The third-order valence-corrected chi connectivity index (χ3v) is 6.06. The second kappa shape index (κ2) is 18.3. The molecule has 1 atom stereocenters. The number of unbranched alkanes of at least 4 members (excludes halogenated alkanes) is 10. The van der Waals surface area contributed by atoms with Gasteiger partial charge in [-0.05, 0) is 32.1 Å². The molecule has 0 radical (unpaired) electrons. The molecule has 0 saturated carbocycles. The lowest BCUT2D eigenvalue weighted by Crippen LogP contribution is -2.21. The van der Waals surface area contributed by atoms with Gasteiger partial charge in [0.25, 0.3) is 0 Å². The average molecular weight is 462 g/mol. The number of amides is 1. The summed E-state index contributed by atoms with van der Waals surface area (Å²) in [5.74, 6) is 1.58. The molecule has 0 aliphatic heterocycles. The normalized spacial score (nSPS) is 12.0. The molecule has 0 fully saturated rings. The summed E-state index contributed by atoms with van der Waals surface area (Å²) in [7, 11) is 4.72. The summed E-state index contributed by atoms with van der Waals surface area (Å²) < 4.78 is 16.1. The quantitative estimate of drug-likeness (QED) is 0.168. The summed E-state index contributed by atoms with van der Waals surface area (Å²) >= 11 is 0. The number of ether oxygens (including phenoxy) is 3. The maximum absolute atomic E-state index is 12.7. The number of anilines is 1. The molecule has 0 aliphatic carbocycles. The number of allylic oxidation sites excluding steroid dienone is 2. The van der Waals surface area contributed by atoms with E-state index in [-0.39, 0.29) is 11.8 Å². The van der Waals surface area contributed by atoms with Crippen molar-refractivity contribution in [2.45, 2.75) is 97.3 Å². The molecule has 0 aliphatic rings. The number of methoxy groups -OCH3 is 3. The standard InChI is InChI=1S/C28H47NO4/c1-6-7-8-9-10-11-12-13-14-15-16-17-18-19-20-23(2)28(30)29-27-25(32-4)21-24(31-3)22-26(27)33-5/h13-14,21-23H,6-12,15-20H2,1-5H3,(H,29,30)/b14-13-. The van der Waals surface area contributed by atoms with Crippen molar-refractivity contribution in [3.05, 3.63) is 24.3 Å². The minimum atomic E-state index is -0.0706. The van der Waals surface area contributed by atoms with Gasteiger partial charge in [0.1, 0.15) is 22.9 Å². The third kappa shape index (κ3) is 12.0. The predicted molar refractivity (Wildman–Crippen MR) is 139 cm³/mol. The molecule has 0 saturated heterocycles. The van der Waals surface area contributed by atoms with Gasteiger partial charge < -0.3 is 19.5 Å². The summed E-state index contributed by atoms with van der Waals surface area (Å²) in [6.45, 7) is 4.24. The zero-order valence-corrected chi connectivity index (χ0v) is 21.7. The second-order valence-electron chi connectivity index (χ2n) is 8.82. The lowest BCUT2D eigenvalue weighted by molar-refractivity contribution is -0.119. The topological polar surface area (TPSA) is 56.8 Å². The largest absolute Gasteiger partial charge is 0.496 e. The summed E-state index contributed by atoms with van der Waals surface area (Å²) in [6.07, 6.45) is 20.8. The Balaban J connectivity index is 2.22. The van der Waals surface area contributed by atoms with E-state index in [1.54, 1.807) is 33.5 Å². The molecule has 5 nitrogen and oxygen atoms in total. The molecule has 1 unspecified atom stereocenters. The molecule has 0 bridgehead atoms. The van der Waals surface area contributed by atoms with Crippen LogP contribution in [-0.2, 0) is 4.79 Å². The van der Waals surface area contributed by atoms with Crippen LogP contribution in [0.15, 0.2) is 24.3 Å². The Bertz CT molecular complexity index is 661. The van der Waals surface area contributed by atoms with E-state index in [9.17, 15) is 4.79 Å². The molecular formula is C28H47NO4. The Labute approximate surface area is 202 Å². The number of nitrogens with one attached hydrogen (secondary N) is 1. The van der Waals surface area contributed by atoms with Crippen LogP contribution < -0.4 is 19.5 Å². The first-order chi connectivity index (χ1) is 16.1. The van der Waals surface area contributed by atoms with Crippen molar-refractivity contribution in [1.82, 2.24) is 0 Å². The van der Waals surface area contributed by atoms with Gasteiger partial charge in [-0.25, -0.2) is 0 Å². The van der Waals surface area contributed by atoms with Crippen LogP contribution in [0.4, 0.5) is 5.69 Å². The van der Waals surface area contributed by atoms with Crippen molar-refractivity contribution in [2.75, 3.05) is 26.6 Å². The van der Waals surface area contributed by atoms with E-state index in [0.717, 1.165) is 19.3 Å². The molecule has 1 rings (SSSR count). The highest BCUT2D eigenvalue weighted by molar-refractivity contribution is 5.95. The number of carbonyl (C=O) groups is 1. The second-order valence-corrected chi connectivity index (χ2v) is 8.82. The van der Waals surface area contributed by atoms with Crippen LogP contribution in [0.5, 0.6) is 17.2 Å². The molecule has 1 amide bonds. The van der Waals surface area contributed by atoms with Gasteiger partial charge in [-0.2, -0.15) is 0 Å². The van der Waals surface area contributed by atoms with Gasteiger partial charge in [0.2, 0.25) is 5.91 Å². The number of hydrogen-bond donors (Lipinski definition) is 1. The van der Waals surface area contributed by atoms with E-state index in [4.69, 9.17) is 14.2 Å². The van der Waals surface area contributed by atoms with E-state index in [1.165, 1.54) is 64.2 Å². The van der Waals surface area contributed by atoms with E-state index >= 15 is 0 Å². The van der Waals surface area contributed by atoms with Crippen molar-refractivity contribution >= 4 is 11.6 Å². The zero-order valence-electron chi connectivity index (χ0n) is 21.7. The van der Waals surface area contributed by atoms with E-state index in [1.807, 2.05) is 6.92 Å². The van der Waals surface area contributed by atoms with E-state index < -0.39 is 0 Å². The monoisotopic (exact) mass is 461 g/mol. The fourth-order valence-corrected chi connectivity index (χ4v) is 3.85. The maximum Gasteiger partial charge on any atom is 0.227 e. The van der Waals surface area contributed by atoms with Crippen LogP contribution in [0, 0.1) is 5.92 Å². The van der Waals surface area contributed by atoms with E-state index in [0.29, 0.717) is 22.9 Å². The number of hydrogen-bond acceptors (Lipinski definition) is 4. The maximum atomic E-state index is 12.7. The van der Waals surface area contributed by atoms with Gasteiger partial charge in [0.05, 0.1) is 21.3 Å². The van der Waals surface area contributed by atoms with Crippen molar-refractivity contribution in [1.29, 1.82) is 0 Å². The predicted octanol–water partition coefficient (Wildman–Crippen LogP) is 7.93. The Morgan fingerprint density at radius 3 is 1.85 bits per heavy atom. The average Bonchev–Trinajstić information content (AvgIpc) is 2.83. The van der Waals surface area contributed by atoms with Crippen molar-refractivity contribution in [2.24, 2.45) is 5.92 Å².